The molecule has 0 bridgehead atoms. The Labute approximate surface area is 210 Å². The molecular formula is C30H54O4. The third-order valence-corrected chi connectivity index (χ3v) is 8.40. The van der Waals surface area contributed by atoms with Crippen molar-refractivity contribution in [3.8, 4) is 0 Å². The molecule has 0 aromatic carbocycles. The van der Waals surface area contributed by atoms with Gasteiger partial charge in [0.15, 0.2) is 0 Å². The van der Waals surface area contributed by atoms with E-state index in [2.05, 4.69) is 27.7 Å². The van der Waals surface area contributed by atoms with Gasteiger partial charge in [0.25, 0.3) is 0 Å². The van der Waals surface area contributed by atoms with Gasteiger partial charge < -0.3 is 9.47 Å². The third kappa shape index (κ3) is 12.1. The molecule has 0 N–H and O–H groups in total. The van der Waals surface area contributed by atoms with E-state index in [9.17, 15) is 9.59 Å². The normalized spacial score (nSPS) is 25.5. The first kappa shape index (κ1) is 29.2. The Bertz CT molecular complexity index is 520. The second-order valence-corrected chi connectivity index (χ2v) is 12.1. The van der Waals surface area contributed by atoms with Crippen LogP contribution in [0.15, 0.2) is 0 Å². The molecule has 0 aromatic rings. The summed E-state index contributed by atoms with van der Waals surface area (Å²) in [7, 11) is 0. The summed E-state index contributed by atoms with van der Waals surface area (Å²) in [6.07, 6.45) is 17.9. The van der Waals surface area contributed by atoms with Crippen LogP contribution in [0.3, 0.4) is 0 Å². The molecule has 0 aliphatic heterocycles. The van der Waals surface area contributed by atoms with Crippen LogP contribution in [0.2, 0.25) is 0 Å². The van der Waals surface area contributed by atoms with Crippen LogP contribution in [-0.2, 0) is 19.1 Å². The van der Waals surface area contributed by atoms with Gasteiger partial charge in [0.2, 0.25) is 0 Å². The van der Waals surface area contributed by atoms with Gasteiger partial charge in [-0.25, -0.2) is 0 Å². The first-order valence-corrected chi connectivity index (χ1v) is 14.7. The Kier molecular flexibility index (Phi) is 14.2. The van der Waals surface area contributed by atoms with E-state index in [1.807, 2.05) is 0 Å². The topological polar surface area (TPSA) is 52.6 Å². The highest BCUT2D eigenvalue weighted by Crippen LogP contribution is 2.37. The molecule has 4 heteroatoms. The van der Waals surface area contributed by atoms with Crippen molar-refractivity contribution in [3.63, 3.8) is 0 Å². The summed E-state index contributed by atoms with van der Waals surface area (Å²) in [5.41, 5.74) is 0. The van der Waals surface area contributed by atoms with Crippen molar-refractivity contribution in [1.82, 2.24) is 0 Å². The SMILES string of the molecule is CC(C)CCC1CCCCC1CCOC(=O)CCC(=O)OCCC1CCCCC1CCC(C)C. The van der Waals surface area contributed by atoms with Crippen LogP contribution in [0.4, 0.5) is 0 Å². The van der Waals surface area contributed by atoms with Crippen molar-refractivity contribution >= 4 is 11.9 Å². The predicted octanol–water partition coefficient (Wildman–Crippen LogP) is 8.12. The number of hydrogen-bond donors (Lipinski definition) is 0. The summed E-state index contributed by atoms with van der Waals surface area (Å²) >= 11 is 0. The number of hydrogen-bond acceptors (Lipinski definition) is 4. The summed E-state index contributed by atoms with van der Waals surface area (Å²) in [6, 6.07) is 0. The zero-order valence-corrected chi connectivity index (χ0v) is 22.8. The molecule has 2 aliphatic rings. The number of esters is 2. The lowest BCUT2D eigenvalue weighted by molar-refractivity contribution is -0.151. The lowest BCUT2D eigenvalue weighted by Gasteiger charge is -2.32. The lowest BCUT2D eigenvalue weighted by atomic mass is 9.75. The maximum atomic E-state index is 12.1. The van der Waals surface area contributed by atoms with E-state index < -0.39 is 0 Å². The van der Waals surface area contributed by atoms with E-state index in [4.69, 9.17) is 9.47 Å². The Morgan fingerprint density at radius 3 is 1.24 bits per heavy atom. The van der Waals surface area contributed by atoms with Crippen molar-refractivity contribution in [2.24, 2.45) is 35.5 Å². The van der Waals surface area contributed by atoms with Gasteiger partial charge in [-0.15, -0.1) is 0 Å². The zero-order valence-electron chi connectivity index (χ0n) is 22.8. The number of carbonyl (C=O) groups is 2. The number of ether oxygens (including phenoxy) is 2. The molecule has 0 saturated heterocycles. The molecule has 2 saturated carbocycles. The van der Waals surface area contributed by atoms with Crippen LogP contribution in [-0.4, -0.2) is 25.2 Å². The van der Waals surface area contributed by atoms with Crippen molar-refractivity contribution < 1.29 is 19.1 Å². The minimum absolute atomic E-state index is 0.140. The fraction of sp³-hybridized carbons (Fsp3) is 0.933. The molecule has 34 heavy (non-hydrogen) atoms. The highest BCUT2D eigenvalue weighted by Gasteiger charge is 2.26. The number of rotatable bonds is 15. The van der Waals surface area contributed by atoms with Crippen molar-refractivity contribution in [2.75, 3.05) is 13.2 Å². The van der Waals surface area contributed by atoms with E-state index in [-0.39, 0.29) is 24.8 Å². The van der Waals surface area contributed by atoms with Gasteiger partial charge in [-0.05, 0) is 61.2 Å². The van der Waals surface area contributed by atoms with Crippen molar-refractivity contribution in [3.05, 3.63) is 0 Å². The van der Waals surface area contributed by atoms with Crippen molar-refractivity contribution in [1.29, 1.82) is 0 Å². The van der Waals surface area contributed by atoms with E-state index in [1.54, 1.807) is 0 Å². The van der Waals surface area contributed by atoms with Gasteiger partial charge in [-0.2, -0.15) is 0 Å². The van der Waals surface area contributed by atoms with E-state index in [0.29, 0.717) is 25.0 Å². The molecule has 0 spiro atoms. The van der Waals surface area contributed by atoms with E-state index >= 15 is 0 Å². The summed E-state index contributed by atoms with van der Waals surface area (Å²) in [5, 5.41) is 0. The molecule has 0 heterocycles. The first-order chi connectivity index (χ1) is 16.3. The molecule has 2 rings (SSSR count). The largest absolute Gasteiger partial charge is 0.466 e. The second kappa shape index (κ2) is 16.6. The fourth-order valence-corrected chi connectivity index (χ4v) is 6.18. The highest BCUT2D eigenvalue weighted by molar-refractivity contribution is 5.77. The standard InChI is InChI=1S/C30H54O4/c1-23(2)13-15-25-9-5-7-11-27(25)19-21-33-29(31)17-18-30(32)34-22-20-28-12-8-6-10-26(28)16-14-24(3)4/h23-28H,5-22H2,1-4H3. The second-order valence-electron chi connectivity index (χ2n) is 12.1. The number of carbonyl (C=O) groups excluding carboxylic acids is 2. The smallest absolute Gasteiger partial charge is 0.306 e. The maximum absolute atomic E-state index is 12.1. The van der Waals surface area contributed by atoms with Gasteiger partial charge in [0.05, 0.1) is 26.1 Å². The van der Waals surface area contributed by atoms with Crippen LogP contribution in [0.1, 0.15) is 130 Å². The minimum Gasteiger partial charge on any atom is -0.466 e. The van der Waals surface area contributed by atoms with Gasteiger partial charge in [-0.1, -0.05) is 91.9 Å². The van der Waals surface area contributed by atoms with Crippen LogP contribution in [0.5, 0.6) is 0 Å². The molecular weight excluding hydrogens is 424 g/mol. The Morgan fingerprint density at radius 2 is 0.912 bits per heavy atom. The van der Waals surface area contributed by atoms with Gasteiger partial charge in [-0.3, -0.25) is 9.59 Å². The van der Waals surface area contributed by atoms with Crippen LogP contribution in [0.25, 0.3) is 0 Å². The van der Waals surface area contributed by atoms with Gasteiger partial charge in [0.1, 0.15) is 0 Å². The maximum Gasteiger partial charge on any atom is 0.306 e. The molecule has 0 radical (unpaired) electrons. The Balaban J connectivity index is 1.56. The summed E-state index contributed by atoms with van der Waals surface area (Å²) in [6.45, 7) is 10.2. The molecule has 2 aliphatic carbocycles. The lowest BCUT2D eigenvalue weighted by Crippen LogP contribution is -2.23. The van der Waals surface area contributed by atoms with Gasteiger partial charge >= 0.3 is 11.9 Å². The van der Waals surface area contributed by atoms with E-state index in [1.165, 1.54) is 77.0 Å². The molecule has 0 amide bonds. The molecule has 0 aromatic heterocycles. The monoisotopic (exact) mass is 478 g/mol. The zero-order chi connectivity index (χ0) is 24.8. The van der Waals surface area contributed by atoms with E-state index in [0.717, 1.165) is 36.5 Å². The highest BCUT2D eigenvalue weighted by atomic mass is 16.5. The molecule has 4 nitrogen and oxygen atoms in total. The Hall–Kier alpha value is -1.06. The van der Waals surface area contributed by atoms with Crippen molar-refractivity contribution in [2.45, 2.75) is 130 Å². The first-order valence-electron chi connectivity index (χ1n) is 14.7. The fourth-order valence-electron chi connectivity index (χ4n) is 6.18. The molecule has 198 valence electrons. The average Bonchev–Trinajstić information content (AvgIpc) is 2.81. The summed E-state index contributed by atoms with van der Waals surface area (Å²) in [5.74, 6) is 3.96. The summed E-state index contributed by atoms with van der Waals surface area (Å²) < 4.78 is 11.0. The average molecular weight is 479 g/mol. The summed E-state index contributed by atoms with van der Waals surface area (Å²) in [4.78, 5) is 24.3. The van der Waals surface area contributed by atoms with Gasteiger partial charge in [0, 0.05) is 0 Å². The van der Waals surface area contributed by atoms with Crippen LogP contribution >= 0.6 is 0 Å². The Morgan fingerprint density at radius 1 is 0.588 bits per heavy atom. The van der Waals surface area contributed by atoms with Crippen LogP contribution in [0, 0.1) is 35.5 Å². The molecule has 4 atom stereocenters. The predicted molar refractivity (Wildman–Crippen MR) is 139 cm³/mol. The quantitative estimate of drug-likeness (QED) is 0.223. The molecule has 4 unspecified atom stereocenters. The van der Waals surface area contributed by atoms with Crippen LogP contribution < -0.4 is 0 Å². The third-order valence-electron chi connectivity index (χ3n) is 8.40. The molecule has 2 fully saturated rings. The minimum atomic E-state index is -0.257.